The average molecular weight is 377 g/mol. The number of carbonyl (C=O) groups excluding carboxylic acids is 1. The summed E-state index contributed by atoms with van der Waals surface area (Å²) in [6, 6.07) is 7.74. The summed E-state index contributed by atoms with van der Waals surface area (Å²) in [5, 5.41) is 11.5. The monoisotopic (exact) mass is 376 g/mol. The van der Waals surface area contributed by atoms with Crippen LogP contribution in [0.1, 0.15) is 40.0 Å². The fraction of sp³-hybridized carbons (Fsp3) is 0.667. The molecule has 6 nitrogen and oxygen atoms in total. The maximum Gasteiger partial charge on any atom is 0.141 e. The number of rotatable bonds is 10. The van der Waals surface area contributed by atoms with Crippen LogP contribution in [0.15, 0.2) is 24.3 Å². The molecule has 1 aliphatic heterocycles. The van der Waals surface area contributed by atoms with Crippen LogP contribution in [0.2, 0.25) is 0 Å². The number of anilines is 1. The zero-order valence-corrected chi connectivity index (χ0v) is 17.0. The molecule has 1 fully saturated rings. The quantitative estimate of drug-likeness (QED) is 0.587. The fourth-order valence-electron chi connectivity index (χ4n) is 3.71. The second-order valence-electron chi connectivity index (χ2n) is 7.24. The molecule has 1 aliphatic rings. The van der Waals surface area contributed by atoms with E-state index in [9.17, 15) is 9.90 Å². The first-order chi connectivity index (χ1) is 13.0. The lowest BCUT2D eigenvalue weighted by atomic mass is 10.1. The van der Waals surface area contributed by atoms with E-state index in [-0.39, 0.29) is 0 Å². The lowest BCUT2D eigenvalue weighted by Gasteiger charge is -2.40. The minimum absolute atomic E-state index is 0.460. The van der Waals surface area contributed by atoms with Crippen LogP contribution in [0, 0.1) is 0 Å². The highest BCUT2D eigenvalue weighted by Crippen LogP contribution is 2.20. The zero-order chi connectivity index (χ0) is 19.6. The van der Waals surface area contributed by atoms with Crippen molar-refractivity contribution >= 4 is 11.8 Å². The van der Waals surface area contributed by atoms with Crippen LogP contribution in [0.3, 0.4) is 0 Å². The third-order valence-corrected chi connectivity index (χ3v) is 5.15. The zero-order valence-electron chi connectivity index (χ0n) is 17.0. The molecule has 2 rings (SSSR count). The van der Waals surface area contributed by atoms with Gasteiger partial charge in [0.2, 0.25) is 0 Å². The van der Waals surface area contributed by atoms with E-state index in [1.807, 2.05) is 6.92 Å². The fourth-order valence-corrected chi connectivity index (χ4v) is 3.71. The number of carboxylic acid groups (broad SMARTS) is 1. The van der Waals surface area contributed by atoms with Crippen molar-refractivity contribution in [3.63, 3.8) is 0 Å². The molecule has 6 heteroatoms. The van der Waals surface area contributed by atoms with E-state index in [0.717, 1.165) is 44.8 Å². The number of benzene rings is 1. The third-order valence-electron chi connectivity index (χ3n) is 5.15. The smallest absolute Gasteiger partial charge is 0.141 e. The Balaban J connectivity index is 1.76. The molecule has 0 bridgehead atoms. The summed E-state index contributed by atoms with van der Waals surface area (Å²) in [5.41, 5.74) is 0.639. The van der Waals surface area contributed by atoms with E-state index in [0.29, 0.717) is 24.9 Å². The van der Waals surface area contributed by atoms with Gasteiger partial charge >= 0.3 is 0 Å². The highest BCUT2D eigenvalue weighted by molar-refractivity contribution is 5.84. The molecule has 0 N–H and O–H groups in total. The lowest BCUT2D eigenvalue weighted by molar-refractivity contribution is -0.246. The maximum absolute atomic E-state index is 11.5. The van der Waals surface area contributed by atoms with Crippen LogP contribution in [-0.4, -0.2) is 67.8 Å². The molecule has 0 spiro atoms. The number of carbonyl (C=O) groups is 1. The Labute approximate surface area is 163 Å². The molecule has 152 valence electrons. The Morgan fingerprint density at radius 3 is 2.52 bits per heavy atom. The lowest BCUT2D eigenvalue weighted by Crippen LogP contribution is -2.52. The van der Waals surface area contributed by atoms with Gasteiger partial charge < -0.3 is 24.4 Å². The Bertz CT molecular complexity index is 564. The second kappa shape index (κ2) is 11.1. The number of hydrogen-bond donors (Lipinski definition) is 0. The Morgan fingerprint density at radius 2 is 1.93 bits per heavy atom. The molecular formula is C21H34N3O3-. The first-order valence-corrected chi connectivity index (χ1v) is 10.2. The number of piperazine rings is 1. The molecule has 1 saturated heterocycles. The molecule has 1 amide bonds. The summed E-state index contributed by atoms with van der Waals surface area (Å²) in [4.78, 5) is 17.9. The Kier molecular flexibility index (Phi) is 8.88. The minimum Gasteiger partial charge on any atom is -0.530 e. The van der Waals surface area contributed by atoms with Gasteiger partial charge in [0.25, 0.3) is 0 Å². The van der Waals surface area contributed by atoms with Crippen molar-refractivity contribution in [1.29, 1.82) is 0 Å². The molecule has 0 aromatic heterocycles. The SMILES string of the molecule is CCCN1CCN(CCCCN(C(=O)[O-])c2ccc(OCC)cc2)CC1C. The van der Waals surface area contributed by atoms with Gasteiger partial charge in [-0.05, 0) is 70.5 Å². The normalized spacial score (nSPS) is 18.4. The van der Waals surface area contributed by atoms with E-state index >= 15 is 0 Å². The summed E-state index contributed by atoms with van der Waals surface area (Å²) in [6.45, 7) is 13.0. The largest absolute Gasteiger partial charge is 0.530 e. The van der Waals surface area contributed by atoms with E-state index in [1.165, 1.54) is 17.9 Å². The molecule has 1 aromatic rings. The molecule has 0 aliphatic carbocycles. The van der Waals surface area contributed by atoms with Gasteiger partial charge in [-0.15, -0.1) is 0 Å². The number of unbranched alkanes of at least 4 members (excludes halogenated alkanes) is 1. The van der Waals surface area contributed by atoms with Crippen LogP contribution >= 0.6 is 0 Å². The molecule has 27 heavy (non-hydrogen) atoms. The van der Waals surface area contributed by atoms with Gasteiger partial charge in [-0.1, -0.05) is 6.92 Å². The van der Waals surface area contributed by atoms with E-state index in [4.69, 9.17) is 4.74 Å². The Morgan fingerprint density at radius 1 is 1.19 bits per heavy atom. The summed E-state index contributed by atoms with van der Waals surface area (Å²) in [5.74, 6) is 0.746. The van der Waals surface area contributed by atoms with Crippen molar-refractivity contribution in [2.75, 3.05) is 50.8 Å². The predicted molar refractivity (Wildman–Crippen MR) is 107 cm³/mol. The van der Waals surface area contributed by atoms with Crippen molar-refractivity contribution in [2.24, 2.45) is 0 Å². The second-order valence-corrected chi connectivity index (χ2v) is 7.24. The molecular weight excluding hydrogens is 342 g/mol. The molecule has 1 unspecified atom stereocenters. The summed E-state index contributed by atoms with van der Waals surface area (Å²) >= 11 is 0. The van der Waals surface area contributed by atoms with Crippen LogP contribution in [0.4, 0.5) is 10.5 Å². The van der Waals surface area contributed by atoms with Crippen molar-refractivity contribution in [1.82, 2.24) is 9.80 Å². The minimum atomic E-state index is -1.15. The average Bonchev–Trinajstić information content (AvgIpc) is 2.65. The number of ether oxygens (including phenoxy) is 1. The maximum atomic E-state index is 11.5. The predicted octanol–water partition coefficient (Wildman–Crippen LogP) is 2.43. The van der Waals surface area contributed by atoms with Crippen LogP contribution in [0.5, 0.6) is 5.75 Å². The molecule has 0 radical (unpaired) electrons. The van der Waals surface area contributed by atoms with Crippen LogP contribution < -0.4 is 14.7 Å². The van der Waals surface area contributed by atoms with Crippen LogP contribution in [-0.2, 0) is 0 Å². The molecule has 1 atom stereocenters. The molecule has 1 heterocycles. The summed E-state index contributed by atoms with van der Waals surface area (Å²) in [7, 11) is 0. The number of hydrogen-bond acceptors (Lipinski definition) is 5. The number of nitrogens with zero attached hydrogens (tertiary/aromatic N) is 3. The van der Waals surface area contributed by atoms with Gasteiger partial charge in [0.1, 0.15) is 11.8 Å². The number of amides is 1. The molecule has 0 saturated carbocycles. The van der Waals surface area contributed by atoms with E-state index in [1.54, 1.807) is 24.3 Å². The van der Waals surface area contributed by atoms with E-state index < -0.39 is 6.09 Å². The van der Waals surface area contributed by atoms with Gasteiger partial charge in [-0.3, -0.25) is 4.90 Å². The summed E-state index contributed by atoms with van der Waals surface area (Å²) < 4.78 is 5.41. The Hall–Kier alpha value is -1.79. The van der Waals surface area contributed by atoms with Gasteiger partial charge in [-0.2, -0.15) is 0 Å². The van der Waals surface area contributed by atoms with Gasteiger partial charge in [0.05, 0.1) is 6.61 Å². The first kappa shape index (κ1) is 21.5. The van der Waals surface area contributed by atoms with E-state index in [2.05, 4.69) is 23.6 Å². The first-order valence-electron chi connectivity index (χ1n) is 10.2. The molecule has 1 aromatic carbocycles. The van der Waals surface area contributed by atoms with Crippen molar-refractivity contribution in [3.8, 4) is 5.75 Å². The van der Waals surface area contributed by atoms with Gasteiger partial charge in [0.15, 0.2) is 0 Å². The van der Waals surface area contributed by atoms with Crippen molar-refractivity contribution in [3.05, 3.63) is 24.3 Å². The summed E-state index contributed by atoms with van der Waals surface area (Å²) in [6.07, 6.45) is 1.86. The highest BCUT2D eigenvalue weighted by Gasteiger charge is 2.22. The van der Waals surface area contributed by atoms with Crippen LogP contribution in [0.25, 0.3) is 0 Å². The van der Waals surface area contributed by atoms with Gasteiger partial charge in [-0.25, -0.2) is 0 Å². The van der Waals surface area contributed by atoms with Gasteiger partial charge in [0, 0.05) is 37.9 Å². The third kappa shape index (κ3) is 6.70. The highest BCUT2D eigenvalue weighted by atomic mass is 16.5. The standard InChI is InChI=1S/C21H35N3O3/c1-4-12-23-16-15-22(17-18(23)3)13-6-7-14-24(21(25)26)19-8-10-20(11-9-19)27-5-2/h8-11,18H,4-7,12-17H2,1-3H3,(H,25,26)/p-1. The van der Waals surface area contributed by atoms with Crippen molar-refractivity contribution < 1.29 is 14.6 Å². The topological polar surface area (TPSA) is 59.1 Å². The van der Waals surface area contributed by atoms with Crippen molar-refractivity contribution in [2.45, 2.75) is 46.1 Å².